The van der Waals surface area contributed by atoms with E-state index in [4.69, 9.17) is 11.2 Å². The molecule has 2 heteroatoms. The second-order valence-electron chi connectivity index (χ2n) is 3.02. The van der Waals surface area contributed by atoms with Gasteiger partial charge in [-0.2, -0.15) is 0 Å². The van der Waals surface area contributed by atoms with Crippen molar-refractivity contribution in [3.8, 4) is 12.3 Å². The van der Waals surface area contributed by atoms with Gasteiger partial charge in [0.05, 0.1) is 5.41 Å². The van der Waals surface area contributed by atoms with Gasteiger partial charge in [-0.25, -0.2) is 0 Å². The van der Waals surface area contributed by atoms with E-state index in [-0.39, 0.29) is 12.6 Å². The van der Waals surface area contributed by atoms with Crippen molar-refractivity contribution in [2.45, 2.75) is 27.2 Å². The van der Waals surface area contributed by atoms with Crippen LogP contribution in [0.1, 0.15) is 27.2 Å². The molecular formula is C9H14O2. The summed E-state index contributed by atoms with van der Waals surface area (Å²) in [5, 5.41) is 0. The molecule has 0 spiro atoms. The molecule has 0 radical (unpaired) electrons. The molecule has 0 aliphatic rings. The average molecular weight is 154 g/mol. The van der Waals surface area contributed by atoms with Crippen LogP contribution in [-0.4, -0.2) is 12.6 Å². The maximum Gasteiger partial charge on any atom is 0.312 e. The molecule has 11 heavy (non-hydrogen) atoms. The van der Waals surface area contributed by atoms with Crippen LogP contribution in [0.25, 0.3) is 0 Å². The number of terminal acetylenes is 1. The van der Waals surface area contributed by atoms with Crippen LogP contribution in [-0.2, 0) is 9.53 Å². The van der Waals surface area contributed by atoms with E-state index in [1.165, 1.54) is 0 Å². The van der Waals surface area contributed by atoms with Crippen LogP contribution in [0.15, 0.2) is 0 Å². The van der Waals surface area contributed by atoms with Crippen molar-refractivity contribution in [2.24, 2.45) is 5.41 Å². The Balaban J connectivity index is 3.94. The zero-order valence-electron chi connectivity index (χ0n) is 7.31. The summed E-state index contributed by atoms with van der Waals surface area (Å²) in [5.41, 5.74) is -0.406. The van der Waals surface area contributed by atoms with Gasteiger partial charge in [-0.3, -0.25) is 4.79 Å². The van der Waals surface area contributed by atoms with Gasteiger partial charge >= 0.3 is 5.97 Å². The van der Waals surface area contributed by atoms with Crippen LogP contribution < -0.4 is 0 Å². The topological polar surface area (TPSA) is 26.3 Å². The Labute approximate surface area is 67.9 Å². The van der Waals surface area contributed by atoms with E-state index in [0.717, 1.165) is 6.42 Å². The Morgan fingerprint density at radius 3 is 2.55 bits per heavy atom. The minimum absolute atomic E-state index is 0.0717. The lowest BCUT2D eigenvalue weighted by Crippen LogP contribution is -2.25. The first-order valence-corrected chi connectivity index (χ1v) is 3.65. The van der Waals surface area contributed by atoms with E-state index in [9.17, 15) is 4.79 Å². The number of carbonyl (C=O) groups excluding carboxylic acids is 1. The SMILES string of the molecule is C#CCOC(=O)C(C)(C)CC. The van der Waals surface area contributed by atoms with Crippen LogP contribution in [0.2, 0.25) is 0 Å². The Morgan fingerprint density at radius 1 is 1.64 bits per heavy atom. The van der Waals surface area contributed by atoms with E-state index in [1.807, 2.05) is 20.8 Å². The molecule has 0 aromatic rings. The molecule has 0 unspecified atom stereocenters. The van der Waals surface area contributed by atoms with Gasteiger partial charge in [-0.15, -0.1) is 6.42 Å². The average Bonchev–Trinajstić information content (AvgIpc) is 2.00. The quantitative estimate of drug-likeness (QED) is 0.456. The summed E-state index contributed by atoms with van der Waals surface area (Å²) in [4.78, 5) is 11.1. The first kappa shape index (κ1) is 10.0. The zero-order chi connectivity index (χ0) is 8.91. The first-order valence-electron chi connectivity index (χ1n) is 3.65. The lowest BCUT2D eigenvalue weighted by molar-refractivity contribution is -0.152. The molecule has 0 aromatic heterocycles. The third kappa shape index (κ3) is 3.08. The Bertz CT molecular complexity index is 174. The molecule has 0 aliphatic heterocycles. The molecule has 0 rings (SSSR count). The highest BCUT2D eigenvalue weighted by atomic mass is 16.5. The molecule has 0 amide bonds. The normalized spacial score (nSPS) is 10.4. The molecule has 0 atom stereocenters. The number of esters is 1. The molecule has 0 fully saturated rings. The van der Waals surface area contributed by atoms with Crippen molar-refractivity contribution in [2.75, 3.05) is 6.61 Å². The lowest BCUT2D eigenvalue weighted by atomic mass is 9.91. The summed E-state index contributed by atoms with van der Waals surface area (Å²) in [6, 6.07) is 0. The van der Waals surface area contributed by atoms with E-state index < -0.39 is 5.41 Å². The number of rotatable bonds is 3. The van der Waals surface area contributed by atoms with Gasteiger partial charge in [0.25, 0.3) is 0 Å². The molecule has 0 bridgehead atoms. The van der Waals surface area contributed by atoms with E-state index in [2.05, 4.69) is 5.92 Å². The Hall–Kier alpha value is -0.970. The number of hydrogen-bond donors (Lipinski definition) is 0. The van der Waals surface area contributed by atoms with E-state index in [0.29, 0.717) is 0 Å². The second kappa shape index (κ2) is 4.02. The van der Waals surface area contributed by atoms with Gasteiger partial charge in [-0.1, -0.05) is 12.8 Å². The highest BCUT2D eigenvalue weighted by Crippen LogP contribution is 2.20. The number of ether oxygens (including phenoxy) is 1. The summed E-state index contributed by atoms with van der Waals surface area (Å²) >= 11 is 0. The van der Waals surface area contributed by atoms with Gasteiger partial charge in [0.15, 0.2) is 6.61 Å². The number of carbonyl (C=O) groups is 1. The van der Waals surface area contributed by atoms with Gasteiger partial charge < -0.3 is 4.74 Å². The van der Waals surface area contributed by atoms with Crippen LogP contribution in [0.5, 0.6) is 0 Å². The van der Waals surface area contributed by atoms with Crippen molar-refractivity contribution in [3.05, 3.63) is 0 Å². The van der Waals surface area contributed by atoms with Crippen LogP contribution in [0, 0.1) is 17.8 Å². The summed E-state index contributed by atoms with van der Waals surface area (Å²) in [7, 11) is 0. The molecule has 0 aromatic carbocycles. The van der Waals surface area contributed by atoms with Crippen molar-refractivity contribution < 1.29 is 9.53 Å². The predicted molar refractivity (Wildman–Crippen MR) is 43.9 cm³/mol. The van der Waals surface area contributed by atoms with Gasteiger partial charge in [0, 0.05) is 0 Å². The molecule has 0 aliphatic carbocycles. The zero-order valence-corrected chi connectivity index (χ0v) is 7.31. The van der Waals surface area contributed by atoms with Crippen molar-refractivity contribution in [1.82, 2.24) is 0 Å². The fraction of sp³-hybridized carbons (Fsp3) is 0.667. The molecule has 2 nitrogen and oxygen atoms in total. The largest absolute Gasteiger partial charge is 0.452 e. The van der Waals surface area contributed by atoms with Crippen molar-refractivity contribution in [1.29, 1.82) is 0 Å². The Kier molecular flexibility index (Phi) is 3.67. The molecular weight excluding hydrogens is 140 g/mol. The maximum absolute atomic E-state index is 11.1. The molecule has 0 heterocycles. The smallest absolute Gasteiger partial charge is 0.312 e. The maximum atomic E-state index is 11.1. The summed E-state index contributed by atoms with van der Waals surface area (Å²) in [6.45, 7) is 5.69. The van der Waals surface area contributed by atoms with Gasteiger partial charge in [0.1, 0.15) is 0 Å². The standard InChI is InChI=1S/C9H14O2/c1-5-7-11-8(10)9(3,4)6-2/h1H,6-7H2,2-4H3. The summed E-state index contributed by atoms with van der Waals surface area (Å²) in [6.07, 6.45) is 5.69. The fourth-order valence-electron chi connectivity index (χ4n) is 0.447. The van der Waals surface area contributed by atoms with E-state index >= 15 is 0 Å². The third-order valence-corrected chi connectivity index (χ3v) is 1.72. The molecule has 0 N–H and O–H groups in total. The van der Waals surface area contributed by atoms with E-state index in [1.54, 1.807) is 0 Å². The monoisotopic (exact) mass is 154 g/mol. The molecule has 62 valence electrons. The van der Waals surface area contributed by atoms with Crippen molar-refractivity contribution >= 4 is 5.97 Å². The minimum Gasteiger partial charge on any atom is -0.452 e. The van der Waals surface area contributed by atoms with Crippen LogP contribution in [0.4, 0.5) is 0 Å². The fourth-order valence-corrected chi connectivity index (χ4v) is 0.447. The first-order chi connectivity index (χ1) is 5.04. The van der Waals surface area contributed by atoms with Crippen LogP contribution in [0.3, 0.4) is 0 Å². The number of hydrogen-bond acceptors (Lipinski definition) is 2. The minimum atomic E-state index is -0.406. The highest BCUT2D eigenvalue weighted by molar-refractivity contribution is 5.75. The Morgan fingerprint density at radius 2 is 2.18 bits per heavy atom. The summed E-state index contributed by atoms with van der Waals surface area (Å²) < 4.78 is 4.77. The molecule has 0 saturated heterocycles. The summed E-state index contributed by atoms with van der Waals surface area (Å²) in [5.74, 6) is 2.03. The second-order valence-corrected chi connectivity index (χ2v) is 3.02. The third-order valence-electron chi connectivity index (χ3n) is 1.72. The van der Waals surface area contributed by atoms with Crippen molar-refractivity contribution in [3.63, 3.8) is 0 Å². The predicted octanol–water partition coefficient (Wildman–Crippen LogP) is 1.60. The van der Waals surface area contributed by atoms with Gasteiger partial charge in [0.2, 0.25) is 0 Å². The van der Waals surface area contributed by atoms with Crippen LogP contribution >= 0.6 is 0 Å². The molecule has 0 saturated carbocycles. The lowest BCUT2D eigenvalue weighted by Gasteiger charge is -2.19. The van der Waals surface area contributed by atoms with Gasteiger partial charge in [-0.05, 0) is 20.3 Å². The highest BCUT2D eigenvalue weighted by Gasteiger charge is 2.26.